The van der Waals surface area contributed by atoms with Crippen LogP contribution in [-0.4, -0.2) is 67.4 Å². The first-order valence-corrected chi connectivity index (χ1v) is 12.5. The fourth-order valence-electron chi connectivity index (χ4n) is 4.94. The lowest BCUT2D eigenvalue weighted by atomic mass is 9.95. The third-order valence-electron chi connectivity index (χ3n) is 6.98. The van der Waals surface area contributed by atoms with Crippen molar-refractivity contribution in [3.05, 3.63) is 65.7 Å². The van der Waals surface area contributed by atoms with Gasteiger partial charge in [0, 0.05) is 61.5 Å². The number of para-hydroxylation sites is 1. The van der Waals surface area contributed by atoms with E-state index in [4.69, 9.17) is 16.3 Å². The van der Waals surface area contributed by atoms with Crippen molar-refractivity contribution >= 4 is 29.0 Å². The van der Waals surface area contributed by atoms with Crippen molar-refractivity contribution in [2.45, 2.75) is 12.8 Å². The van der Waals surface area contributed by atoms with Gasteiger partial charge in [-0.15, -0.1) is 10.2 Å². The summed E-state index contributed by atoms with van der Waals surface area (Å²) >= 11 is 6.01. The van der Waals surface area contributed by atoms with Crippen molar-refractivity contribution in [1.82, 2.24) is 15.1 Å². The zero-order valence-corrected chi connectivity index (χ0v) is 20.7. The second-order valence-corrected chi connectivity index (χ2v) is 9.46. The first-order chi connectivity index (χ1) is 17.1. The molecule has 182 valence electrons. The number of carbonyl (C=O) groups is 1. The van der Waals surface area contributed by atoms with Crippen LogP contribution in [-0.2, 0) is 4.79 Å². The van der Waals surface area contributed by atoms with Gasteiger partial charge in [-0.2, -0.15) is 0 Å². The minimum Gasteiger partial charge on any atom is -0.496 e. The molecule has 0 bridgehead atoms. The number of ether oxygens (including phenoxy) is 1. The Labute approximate surface area is 211 Å². The van der Waals surface area contributed by atoms with Gasteiger partial charge in [-0.05, 0) is 61.4 Å². The number of piperidine rings is 1. The molecule has 3 heterocycles. The Hall–Kier alpha value is -3.32. The van der Waals surface area contributed by atoms with Gasteiger partial charge in [-0.1, -0.05) is 23.7 Å². The fourth-order valence-corrected chi connectivity index (χ4v) is 5.07. The minimum atomic E-state index is 0.0779. The Balaban J connectivity index is 1.13. The summed E-state index contributed by atoms with van der Waals surface area (Å²) in [6.07, 6.45) is 1.68. The predicted molar refractivity (Wildman–Crippen MR) is 139 cm³/mol. The largest absolute Gasteiger partial charge is 0.496 e. The van der Waals surface area contributed by atoms with Crippen molar-refractivity contribution < 1.29 is 9.53 Å². The number of amides is 1. The first-order valence-electron chi connectivity index (χ1n) is 12.1. The summed E-state index contributed by atoms with van der Waals surface area (Å²) in [5.41, 5.74) is 2.87. The van der Waals surface area contributed by atoms with Crippen LogP contribution < -0.4 is 14.5 Å². The van der Waals surface area contributed by atoms with Gasteiger partial charge in [0.05, 0.1) is 12.8 Å². The normalized spacial score (nSPS) is 16.9. The molecule has 2 fully saturated rings. The number of carbonyl (C=O) groups excluding carboxylic acids is 1. The molecule has 3 aromatic rings. The van der Waals surface area contributed by atoms with Gasteiger partial charge < -0.3 is 19.4 Å². The summed E-state index contributed by atoms with van der Waals surface area (Å²) in [4.78, 5) is 19.8. The molecule has 7 nitrogen and oxygen atoms in total. The molecule has 0 N–H and O–H groups in total. The molecule has 0 saturated carbocycles. The lowest BCUT2D eigenvalue weighted by Crippen LogP contribution is -2.51. The van der Waals surface area contributed by atoms with Gasteiger partial charge in [0.25, 0.3) is 0 Å². The molecule has 35 heavy (non-hydrogen) atoms. The molecule has 8 heteroatoms. The van der Waals surface area contributed by atoms with Gasteiger partial charge in [-0.25, -0.2) is 0 Å². The van der Waals surface area contributed by atoms with E-state index in [2.05, 4.69) is 20.0 Å². The Morgan fingerprint density at radius 3 is 2.23 bits per heavy atom. The third kappa shape index (κ3) is 5.20. The van der Waals surface area contributed by atoms with E-state index in [1.165, 1.54) is 0 Å². The SMILES string of the molecule is COc1ccccc1-c1ccc(N2CCC(C(=O)N3CCN(c4ccc(Cl)cc4)CC3)CC2)nn1. The van der Waals surface area contributed by atoms with Crippen molar-refractivity contribution in [3.8, 4) is 17.0 Å². The van der Waals surface area contributed by atoms with E-state index in [0.717, 1.165) is 85.6 Å². The number of methoxy groups -OCH3 is 1. The Morgan fingerprint density at radius 1 is 0.857 bits per heavy atom. The zero-order valence-electron chi connectivity index (χ0n) is 19.9. The number of anilines is 2. The van der Waals surface area contributed by atoms with Gasteiger partial charge in [0.15, 0.2) is 5.82 Å². The molecule has 1 amide bonds. The molecular formula is C27H30ClN5O2. The quantitative estimate of drug-likeness (QED) is 0.528. The van der Waals surface area contributed by atoms with Crippen LogP contribution in [0.25, 0.3) is 11.3 Å². The summed E-state index contributed by atoms with van der Waals surface area (Å²) in [5, 5.41) is 9.65. The number of benzene rings is 2. The first kappa shape index (κ1) is 23.4. The highest BCUT2D eigenvalue weighted by Gasteiger charge is 2.31. The zero-order chi connectivity index (χ0) is 24.2. The highest BCUT2D eigenvalue weighted by Crippen LogP contribution is 2.29. The van der Waals surface area contributed by atoms with E-state index in [1.54, 1.807) is 7.11 Å². The summed E-state index contributed by atoms with van der Waals surface area (Å²) in [6.45, 7) is 4.84. The van der Waals surface area contributed by atoms with Crippen LogP contribution in [0.3, 0.4) is 0 Å². The number of nitrogens with zero attached hydrogens (tertiary/aromatic N) is 5. The Kier molecular flexibility index (Phi) is 7.04. The van der Waals surface area contributed by atoms with Crippen LogP contribution in [0.1, 0.15) is 12.8 Å². The Morgan fingerprint density at radius 2 is 1.57 bits per heavy atom. The number of hydrogen-bond donors (Lipinski definition) is 0. The molecule has 2 aliphatic rings. The van der Waals surface area contributed by atoms with Gasteiger partial charge in [-0.3, -0.25) is 4.79 Å². The maximum absolute atomic E-state index is 13.2. The second-order valence-electron chi connectivity index (χ2n) is 9.03. The van der Waals surface area contributed by atoms with Crippen LogP contribution in [0, 0.1) is 5.92 Å². The number of aromatic nitrogens is 2. The molecular weight excluding hydrogens is 462 g/mol. The number of hydrogen-bond acceptors (Lipinski definition) is 6. The highest BCUT2D eigenvalue weighted by molar-refractivity contribution is 6.30. The molecule has 0 aliphatic carbocycles. The highest BCUT2D eigenvalue weighted by atomic mass is 35.5. The number of halogens is 1. The molecule has 0 unspecified atom stereocenters. The summed E-state index contributed by atoms with van der Waals surface area (Å²) in [5.74, 6) is 2.00. The van der Waals surface area contributed by atoms with Gasteiger partial charge in [0.1, 0.15) is 5.75 Å². The molecule has 2 saturated heterocycles. The van der Waals surface area contributed by atoms with E-state index >= 15 is 0 Å². The average Bonchev–Trinajstić information content (AvgIpc) is 2.93. The van der Waals surface area contributed by atoms with Crippen molar-refractivity contribution in [2.24, 2.45) is 5.92 Å². The summed E-state index contributed by atoms with van der Waals surface area (Å²) < 4.78 is 5.44. The van der Waals surface area contributed by atoms with E-state index in [9.17, 15) is 4.79 Å². The molecule has 0 radical (unpaired) electrons. The van der Waals surface area contributed by atoms with Crippen LogP contribution >= 0.6 is 11.6 Å². The van der Waals surface area contributed by atoms with Crippen molar-refractivity contribution in [3.63, 3.8) is 0 Å². The fraction of sp³-hybridized carbons (Fsp3) is 0.370. The molecule has 2 aromatic carbocycles. The summed E-state index contributed by atoms with van der Waals surface area (Å²) in [6, 6.07) is 19.7. The molecule has 0 atom stereocenters. The predicted octanol–water partition coefficient (Wildman–Crippen LogP) is 4.37. The topological polar surface area (TPSA) is 61.8 Å². The number of rotatable bonds is 5. The lowest BCUT2D eigenvalue weighted by Gasteiger charge is -2.39. The van der Waals surface area contributed by atoms with Gasteiger partial charge in [0.2, 0.25) is 5.91 Å². The third-order valence-corrected chi connectivity index (χ3v) is 7.24. The smallest absolute Gasteiger partial charge is 0.225 e. The standard InChI is InChI=1S/C27H30ClN5O2/c1-35-25-5-3-2-4-23(25)24-10-11-26(30-29-24)32-14-12-20(13-15-32)27(34)33-18-16-31(17-19-33)22-8-6-21(28)7-9-22/h2-11,20H,12-19H2,1H3. The maximum Gasteiger partial charge on any atom is 0.225 e. The van der Waals surface area contributed by atoms with Crippen LogP contribution in [0.15, 0.2) is 60.7 Å². The second kappa shape index (κ2) is 10.5. The monoisotopic (exact) mass is 491 g/mol. The summed E-state index contributed by atoms with van der Waals surface area (Å²) in [7, 11) is 1.66. The lowest BCUT2D eigenvalue weighted by molar-refractivity contribution is -0.136. The number of piperazine rings is 1. The van der Waals surface area contributed by atoms with Crippen LogP contribution in [0.4, 0.5) is 11.5 Å². The maximum atomic E-state index is 13.2. The van der Waals surface area contributed by atoms with E-state index < -0.39 is 0 Å². The van der Waals surface area contributed by atoms with Gasteiger partial charge >= 0.3 is 0 Å². The molecule has 5 rings (SSSR count). The van der Waals surface area contributed by atoms with E-state index in [1.807, 2.05) is 65.6 Å². The van der Waals surface area contributed by atoms with Crippen molar-refractivity contribution in [1.29, 1.82) is 0 Å². The van der Waals surface area contributed by atoms with Crippen molar-refractivity contribution in [2.75, 3.05) is 56.2 Å². The van der Waals surface area contributed by atoms with E-state index in [-0.39, 0.29) is 11.8 Å². The van der Waals surface area contributed by atoms with Crippen LogP contribution in [0.2, 0.25) is 5.02 Å². The molecule has 0 spiro atoms. The molecule has 2 aliphatic heterocycles. The van der Waals surface area contributed by atoms with E-state index in [0.29, 0.717) is 0 Å². The molecule has 1 aromatic heterocycles. The Bertz CT molecular complexity index is 1140. The minimum absolute atomic E-state index is 0.0779. The van der Waals surface area contributed by atoms with Crippen LogP contribution in [0.5, 0.6) is 5.75 Å². The average molecular weight is 492 g/mol.